The molecule has 6 heteroatoms. The van der Waals surface area contributed by atoms with Gasteiger partial charge in [0.2, 0.25) is 0 Å². The second-order valence-electron chi connectivity index (χ2n) is 3.92. The Balaban J connectivity index is 3.98. The molecule has 0 saturated heterocycles. The molecule has 0 bridgehead atoms. The van der Waals surface area contributed by atoms with E-state index in [2.05, 4.69) is 10.6 Å². The highest BCUT2D eigenvalue weighted by molar-refractivity contribution is 7.98. The minimum Gasteiger partial charge on any atom is -0.480 e. The van der Waals surface area contributed by atoms with E-state index in [0.717, 1.165) is 0 Å². The Morgan fingerprint density at radius 2 is 2.00 bits per heavy atom. The molecular formula is C10H20N2O3S. The van der Waals surface area contributed by atoms with E-state index in [1.165, 1.54) is 0 Å². The molecule has 0 fully saturated rings. The van der Waals surface area contributed by atoms with Crippen LogP contribution in [0.1, 0.15) is 20.3 Å². The Hall–Kier alpha value is -0.910. The first kappa shape index (κ1) is 15.1. The van der Waals surface area contributed by atoms with Crippen LogP contribution in [0.5, 0.6) is 0 Å². The average molecular weight is 248 g/mol. The SMILES string of the molecule is CSCC[C@@H](NC(=O)NCC(C)C)C(=O)O. The van der Waals surface area contributed by atoms with Crippen LogP contribution in [0.25, 0.3) is 0 Å². The Bertz CT molecular complexity index is 234. The van der Waals surface area contributed by atoms with Gasteiger partial charge in [-0.3, -0.25) is 0 Å². The zero-order chi connectivity index (χ0) is 12.6. The maximum Gasteiger partial charge on any atom is 0.326 e. The third-order valence-corrected chi connectivity index (χ3v) is 2.53. The summed E-state index contributed by atoms with van der Waals surface area (Å²) in [6.45, 7) is 4.49. The first-order valence-electron chi connectivity index (χ1n) is 5.23. The number of carbonyl (C=O) groups excluding carboxylic acids is 1. The molecule has 0 saturated carbocycles. The number of carboxylic acid groups (broad SMARTS) is 1. The summed E-state index contributed by atoms with van der Waals surface area (Å²) in [5.74, 6) is 0.0653. The average Bonchev–Trinajstić information content (AvgIpc) is 2.20. The number of carboxylic acids is 1. The number of rotatable bonds is 7. The van der Waals surface area contributed by atoms with Gasteiger partial charge in [-0.25, -0.2) is 9.59 Å². The Morgan fingerprint density at radius 1 is 1.38 bits per heavy atom. The molecule has 0 spiro atoms. The second kappa shape index (κ2) is 8.27. The molecule has 0 aliphatic carbocycles. The summed E-state index contributed by atoms with van der Waals surface area (Å²) in [6, 6.07) is -1.22. The summed E-state index contributed by atoms with van der Waals surface area (Å²) in [5, 5.41) is 13.9. The van der Waals surface area contributed by atoms with Gasteiger partial charge < -0.3 is 15.7 Å². The molecule has 16 heavy (non-hydrogen) atoms. The van der Waals surface area contributed by atoms with Crippen molar-refractivity contribution in [2.24, 2.45) is 5.92 Å². The fourth-order valence-corrected chi connectivity index (χ4v) is 1.47. The predicted molar refractivity (Wildman–Crippen MR) is 65.8 cm³/mol. The lowest BCUT2D eigenvalue weighted by Crippen LogP contribution is -2.47. The van der Waals surface area contributed by atoms with Crippen LogP contribution in [0, 0.1) is 5.92 Å². The quantitative estimate of drug-likeness (QED) is 0.631. The van der Waals surface area contributed by atoms with Crippen LogP contribution in [0.4, 0.5) is 4.79 Å². The number of amides is 2. The van der Waals surface area contributed by atoms with Gasteiger partial charge in [-0.15, -0.1) is 0 Å². The van der Waals surface area contributed by atoms with E-state index in [1.54, 1.807) is 11.8 Å². The van der Waals surface area contributed by atoms with Gasteiger partial charge in [-0.05, 0) is 24.3 Å². The highest BCUT2D eigenvalue weighted by atomic mass is 32.2. The molecule has 0 aromatic rings. The van der Waals surface area contributed by atoms with Gasteiger partial charge in [-0.2, -0.15) is 11.8 Å². The summed E-state index contributed by atoms with van der Waals surface area (Å²) >= 11 is 1.56. The zero-order valence-corrected chi connectivity index (χ0v) is 10.8. The van der Waals surface area contributed by atoms with Crippen LogP contribution in [-0.4, -0.2) is 41.7 Å². The molecule has 0 rings (SSSR count). The van der Waals surface area contributed by atoms with E-state index in [4.69, 9.17) is 5.11 Å². The number of urea groups is 1. The number of hydrogen-bond donors (Lipinski definition) is 3. The largest absolute Gasteiger partial charge is 0.480 e. The fraction of sp³-hybridized carbons (Fsp3) is 0.800. The van der Waals surface area contributed by atoms with E-state index in [1.807, 2.05) is 20.1 Å². The molecule has 94 valence electrons. The van der Waals surface area contributed by atoms with Crippen molar-refractivity contribution in [1.82, 2.24) is 10.6 Å². The van der Waals surface area contributed by atoms with Gasteiger partial charge in [-0.1, -0.05) is 13.8 Å². The van der Waals surface area contributed by atoms with E-state index in [0.29, 0.717) is 24.6 Å². The van der Waals surface area contributed by atoms with Crippen molar-refractivity contribution in [1.29, 1.82) is 0 Å². The third kappa shape index (κ3) is 7.39. The molecule has 3 N–H and O–H groups in total. The minimum absolute atomic E-state index is 0.347. The molecular weight excluding hydrogens is 228 g/mol. The summed E-state index contributed by atoms with van der Waals surface area (Å²) in [5.41, 5.74) is 0. The maximum absolute atomic E-state index is 11.3. The molecule has 2 amide bonds. The molecule has 0 aliphatic heterocycles. The molecule has 0 aromatic heterocycles. The first-order chi connectivity index (χ1) is 7.47. The molecule has 0 heterocycles. The summed E-state index contributed by atoms with van der Waals surface area (Å²) in [6.07, 6.45) is 2.34. The second-order valence-corrected chi connectivity index (χ2v) is 4.91. The van der Waals surface area contributed by atoms with Crippen LogP contribution in [0.3, 0.4) is 0 Å². The predicted octanol–water partition coefficient (Wildman–Crippen LogP) is 1.15. The van der Waals surface area contributed by atoms with Crippen molar-refractivity contribution < 1.29 is 14.7 Å². The molecule has 5 nitrogen and oxygen atoms in total. The lowest BCUT2D eigenvalue weighted by atomic mass is 10.2. The summed E-state index contributed by atoms with van der Waals surface area (Å²) in [7, 11) is 0. The highest BCUT2D eigenvalue weighted by Crippen LogP contribution is 2.00. The van der Waals surface area contributed by atoms with Gasteiger partial charge in [0.05, 0.1) is 0 Å². The number of aliphatic carboxylic acids is 1. The van der Waals surface area contributed by atoms with E-state index < -0.39 is 18.0 Å². The van der Waals surface area contributed by atoms with Crippen LogP contribution >= 0.6 is 11.8 Å². The first-order valence-corrected chi connectivity index (χ1v) is 6.62. The molecule has 0 aromatic carbocycles. The lowest BCUT2D eigenvalue weighted by molar-refractivity contribution is -0.139. The van der Waals surface area contributed by atoms with Crippen molar-refractivity contribution in [3.8, 4) is 0 Å². The Kier molecular flexibility index (Phi) is 7.80. The highest BCUT2D eigenvalue weighted by Gasteiger charge is 2.18. The van der Waals surface area contributed by atoms with Crippen LogP contribution in [0.15, 0.2) is 0 Å². The summed E-state index contributed by atoms with van der Waals surface area (Å²) < 4.78 is 0. The van der Waals surface area contributed by atoms with E-state index >= 15 is 0 Å². The molecule has 0 aliphatic rings. The van der Waals surface area contributed by atoms with E-state index in [-0.39, 0.29) is 0 Å². The topological polar surface area (TPSA) is 78.4 Å². The standard InChI is InChI=1S/C10H20N2O3S/c1-7(2)6-11-10(15)12-8(9(13)14)4-5-16-3/h7-8H,4-6H2,1-3H3,(H,13,14)(H2,11,12,15)/t8-/m1/s1. The van der Waals surface area contributed by atoms with Crippen molar-refractivity contribution >= 4 is 23.8 Å². The third-order valence-electron chi connectivity index (χ3n) is 1.88. The number of nitrogens with one attached hydrogen (secondary N) is 2. The number of thioether (sulfide) groups is 1. The van der Waals surface area contributed by atoms with Crippen molar-refractivity contribution in [2.45, 2.75) is 26.3 Å². The van der Waals surface area contributed by atoms with Crippen molar-refractivity contribution in [2.75, 3.05) is 18.6 Å². The molecule has 0 unspecified atom stereocenters. The summed E-state index contributed by atoms with van der Waals surface area (Å²) in [4.78, 5) is 22.2. The molecule has 0 radical (unpaired) electrons. The Labute approximate surface area is 100 Å². The normalized spacial score (nSPS) is 12.2. The fourth-order valence-electron chi connectivity index (χ4n) is 0.999. The monoisotopic (exact) mass is 248 g/mol. The Morgan fingerprint density at radius 3 is 2.44 bits per heavy atom. The zero-order valence-electron chi connectivity index (χ0n) is 9.95. The van der Waals surface area contributed by atoms with Crippen molar-refractivity contribution in [3.05, 3.63) is 0 Å². The van der Waals surface area contributed by atoms with Gasteiger partial charge in [0.25, 0.3) is 0 Å². The number of carbonyl (C=O) groups is 2. The molecule has 1 atom stereocenters. The van der Waals surface area contributed by atoms with Crippen LogP contribution in [0.2, 0.25) is 0 Å². The smallest absolute Gasteiger partial charge is 0.326 e. The van der Waals surface area contributed by atoms with Gasteiger partial charge in [0.15, 0.2) is 0 Å². The van der Waals surface area contributed by atoms with Crippen LogP contribution < -0.4 is 10.6 Å². The van der Waals surface area contributed by atoms with Gasteiger partial charge in [0.1, 0.15) is 6.04 Å². The number of hydrogen-bond acceptors (Lipinski definition) is 3. The van der Waals surface area contributed by atoms with Crippen LogP contribution in [-0.2, 0) is 4.79 Å². The minimum atomic E-state index is -0.992. The maximum atomic E-state index is 11.3. The van der Waals surface area contributed by atoms with Gasteiger partial charge in [0, 0.05) is 6.54 Å². The van der Waals surface area contributed by atoms with Gasteiger partial charge >= 0.3 is 12.0 Å². The lowest BCUT2D eigenvalue weighted by Gasteiger charge is -2.15. The van der Waals surface area contributed by atoms with E-state index in [9.17, 15) is 9.59 Å². The van der Waals surface area contributed by atoms with Crippen molar-refractivity contribution in [3.63, 3.8) is 0 Å².